The maximum atomic E-state index is 15.8. The quantitative estimate of drug-likeness (QED) is 0.0938. The number of benzene rings is 4. The van der Waals surface area contributed by atoms with Crippen LogP contribution in [0.5, 0.6) is 0 Å². The van der Waals surface area contributed by atoms with Crippen LogP contribution >= 0.6 is 11.8 Å². The van der Waals surface area contributed by atoms with Crippen molar-refractivity contribution in [3.8, 4) is 11.1 Å². The highest BCUT2D eigenvalue weighted by Gasteiger charge is 2.31. The second-order valence-corrected chi connectivity index (χ2v) is 11.5. The van der Waals surface area contributed by atoms with Crippen molar-refractivity contribution < 1.29 is 71.2 Å². The molecule has 1 aliphatic rings. The molecule has 0 aliphatic carbocycles. The first kappa shape index (κ1) is 16.1. The fourth-order valence-electron chi connectivity index (χ4n) is 4.39. The van der Waals surface area contributed by atoms with Gasteiger partial charge in [0.25, 0.3) is 0 Å². The fourth-order valence-corrected chi connectivity index (χ4v) is 5.35. The lowest BCUT2D eigenvalue weighted by molar-refractivity contribution is -0.137. The lowest BCUT2D eigenvalue weighted by Crippen LogP contribution is -2.48. The number of thioether (sulfide) groups is 1. The van der Waals surface area contributed by atoms with Crippen molar-refractivity contribution in [2.75, 3.05) is 33.2 Å². The van der Waals surface area contributed by atoms with E-state index in [1.807, 2.05) is 0 Å². The molecule has 1 saturated heterocycles. The summed E-state index contributed by atoms with van der Waals surface area (Å²) in [6.45, 7) is -17.0. The van der Waals surface area contributed by atoms with E-state index in [1.165, 1.54) is 0 Å². The Hall–Kier alpha value is -4.52. The summed E-state index contributed by atoms with van der Waals surface area (Å²) in [5, 5.41) is -2.09. The van der Waals surface area contributed by atoms with Crippen LogP contribution in [0.4, 0.5) is 22.0 Å². The monoisotopic (exact) mass is 778 g/mol. The first-order chi connectivity index (χ1) is 37.0. The van der Waals surface area contributed by atoms with Crippen LogP contribution in [0.1, 0.15) is 74.8 Å². The van der Waals surface area contributed by atoms with E-state index < -0.39 is 245 Å². The third-order valence-electron chi connectivity index (χ3n) is 6.89. The van der Waals surface area contributed by atoms with Gasteiger partial charge in [0.1, 0.15) is 6.54 Å². The normalized spacial score (nSPS) is 26.9. The van der Waals surface area contributed by atoms with Crippen molar-refractivity contribution in [2.45, 2.75) is 55.7 Å². The van der Waals surface area contributed by atoms with Gasteiger partial charge in [0, 0.05) is 72.8 Å². The van der Waals surface area contributed by atoms with Crippen molar-refractivity contribution in [1.29, 1.82) is 0 Å². The molecule has 0 saturated carbocycles. The minimum absolute atomic E-state index is 0.0214. The van der Waals surface area contributed by atoms with Gasteiger partial charge in [-0.15, -0.1) is 11.8 Å². The number of nitrogens with zero attached hydrogens (tertiary/aromatic N) is 3. The summed E-state index contributed by atoms with van der Waals surface area (Å²) in [6, 6.07) is -27.1. The van der Waals surface area contributed by atoms with E-state index >= 15 is 9.18 Å². The van der Waals surface area contributed by atoms with Gasteiger partial charge in [-0.25, -0.2) is 8.78 Å². The third kappa shape index (κ3) is 9.17. The predicted molar refractivity (Wildman–Crippen MR) is 198 cm³/mol. The lowest BCUT2D eigenvalue weighted by atomic mass is 10.00. The standard InChI is InChI=1S/C41H40F5N3O3S/c1-27-6-15-36-34(22-27)37(50)23-39(53-26-31-4-3-5-35(42)40(31)43)49(36)25-38(51)48(33-16-18-47(19-17-33)20-21-52-2)24-28-7-9-29(10-8-28)30-11-13-32(14-12-30)41(44,45)46/h3-15,22-23,33H,16-21,24-26H2,1-2H3/i2D3,3D,4D,5D,6D,7D,8D,9D,10D,11D,12D,13D,14D,15D,16D2,17D2,18D2,19D2,22D,23D,24D2,33D. The number of carbonyl (C=O) groups is 1. The van der Waals surface area contributed by atoms with Crippen LogP contribution in [0.2, 0.25) is 0 Å². The number of hydrogen-bond donors (Lipinski definition) is 0. The average Bonchev–Trinajstić information content (AvgIpc) is 1.30. The Morgan fingerprint density at radius 3 is 2.42 bits per heavy atom. The highest BCUT2D eigenvalue weighted by atomic mass is 32.2. The Kier molecular flexibility index (Phi) is 5.05. The van der Waals surface area contributed by atoms with Crippen molar-refractivity contribution >= 4 is 28.6 Å². The second-order valence-electron chi connectivity index (χ2n) is 10.5. The molecule has 0 spiro atoms. The molecule has 2 heterocycles. The Morgan fingerprint density at radius 1 is 1.04 bits per heavy atom. The minimum Gasteiger partial charge on any atom is -0.383 e. The molecule has 53 heavy (non-hydrogen) atoms. The first-order valence-corrected chi connectivity index (χ1v) is 15.7. The number of amides is 1. The second kappa shape index (κ2) is 16.7. The number of halogens is 5. The molecule has 5 aromatic rings. The number of carbonyl (C=O) groups excluding carboxylic acids is 1. The highest BCUT2D eigenvalue weighted by molar-refractivity contribution is 7.98. The summed E-state index contributed by atoms with van der Waals surface area (Å²) in [7, 11) is -3.31. The number of rotatable bonds is 12. The summed E-state index contributed by atoms with van der Waals surface area (Å²) in [5.74, 6) is -7.51. The molecule has 1 aliphatic heterocycles. The minimum atomic E-state index is -5.57. The van der Waals surface area contributed by atoms with E-state index in [-0.39, 0.29) is 21.2 Å². The van der Waals surface area contributed by atoms with E-state index in [4.69, 9.17) is 30.2 Å². The molecule has 6 rings (SSSR count). The largest absolute Gasteiger partial charge is 0.416 e. The number of pyridine rings is 1. The smallest absolute Gasteiger partial charge is 0.383 e. The van der Waals surface area contributed by atoms with Gasteiger partial charge in [-0.3, -0.25) is 9.59 Å². The van der Waals surface area contributed by atoms with Crippen LogP contribution in [0.15, 0.2) is 100 Å². The van der Waals surface area contributed by atoms with Gasteiger partial charge < -0.3 is 19.1 Å². The Balaban J connectivity index is 1.77. The van der Waals surface area contributed by atoms with Gasteiger partial charge in [0.05, 0.1) is 51.5 Å². The predicted octanol–water partition coefficient (Wildman–Crippen LogP) is 8.71. The third-order valence-corrected chi connectivity index (χ3v) is 7.91. The molecule has 278 valence electrons. The molecular formula is C41H40F5N3O3S. The number of ether oxygens (including phenoxy) is 1. The number of fused-ring (bicyclic) bond motifs is 1. The summed E-state index contributed by atoms with van der Waals surface area (Å²) >= 11 is -0.0214. The van der Waals surface area contributed by atoms with E-state index in [0.29, 0.717) is 0 Å². The maximum Gasteiger partial charge on any atom is 0.416 e. The van der Waals surface area contributed by atoms with Crippen LogP contribution in [-0.2, 0) is 34.5 Å². The molecular weight excluding hydrogens is 710 g/mol. The van der Waals surface area contributed by atoms with Crippen LogP contribution < -0.4 is 5.43 Å². The summed E-state index contributed by atoms with van der Waals surface area (Å²) in [5.41, 5.74) is -11.0. The number of piperidine rings is 1. The SMILES string of the molecule is [2H]c1c([2H])c(F)c(F)c(CSc2c([2H])c(=O)c3c([2H])c(C)c([2H])c([2H])c3n2CC(=O)N(C([2H])([2H])c2c([2H])c([2H])c(-c3c([2H])c([2H])c(C(F)(F)F)c([2H])c3[2H])c([2H])c2[2H])C2([2H])C([2H])([2H])C([2H])([2H])N(CCOC([2H])([2H])[2H])C([2H])([2H])C2([2H])[2H])c1[2H]. The number of hydrogen-bond acceptors (Lipinski definition) is 5. The summed E-state index contributed by atoms with van der Waals surface area (Å²) in [6.07, 6.45) is -15.0. The number of alkyl halides is 3. The van der Waals surface area contributed by atoms with Gasteiger partial charge in [0.15, 0.2) is 17.1 Å². The van der Waals surface area contributed by atoms with Crippen molar-refractivity contribution in [2.24, 2.45) is 0 Å². The Bertz CT molecular complexity index is 3480. The molecule has 0 radical (unpaired) electrons. The van der Waals surface area contributed by atoms with Gasteiger partial charge in [-0.05, 0) is 66.6 Å². The number of likely N-dealkylation sites (tertiary alicyclic amines) is 1. The molecule has 6 nitrogen and oxygen atoms in total. The zero-order valence-electron chi connectivity index (χ0n) is 55.7. The molecule has 1 amide bonds. The first-order valence-electron chi connectivity index (χ1n) is 29.2. The van der Waals surface area contributed by atoms with Gasteiger partial charge in [-0.2, -0.15) is 13.2 Å². The zero-order valence-corrected chi connectivity index (χ0v) is 27.5. The van der Waals surface area contributed by atoms with Crippen LogP contribution in [0.25, 0.3) is 22.0 Å². The van der Waals surface area contributed by atoms with E-state index in [2.05, 4.69) is 4.74 Å². The molecule has 1 aromatic heterocycles. The van der Waals surface area contributed by atoms with Crippen molar-refractivity contribution in [1.82, 2.24) is 14.4 Å². The van der Waals surface area contributed by atoms with Gasteiger partial charge in [0.2, 0.25) is 5.91 Å². The Labute approximate surface area is 349 Å². The molecule has 12 heteroatoms. The zero-order chi connectivity index (χ0) is 63.1. The van der Waals surface area contributed by atoms with E-state index in [0.717, 1.165) is 6.92 Å². The van der Waals surface area contributed by atoms with Gasteiger partial charge >= 0.3 is 6.18 Å². The molecule has 4 aromatic carbocycles. The molecule has 0 unspecified atom stereocenters. The van der Waals surface area contributed by atoms with E-state index in [1.54, 1.807) is 0 Å². The van der Waals surface area contributed by atoms with E-state index in [9.17, 15) is 32.0 Å². The van der Waals surface area contributed by atoms with Gasteiger partial charge in [-0.1, -0.05) is 59.9 Å². The number of methoxy groups -OCH3 is 1. The highest BCUT2D eigenvalue weighted by Crippen LogP contribution is 2.32. The summed E-state index contributed by atoms with van der Waals surface area (Å²) in [4.78, 5) is 28.6. The molecule has 0 N–H and O–H groups in total. The Morgan fingerprint density at radius 2 is 1.74 bits per heavy atom. The number of aromatic nitrogens is 1. The molecule has 1 fully saturated rings. The van der Waals surface area contributed by atoms with Crippen LogP contribution in [0, 0.1) is 18.6 Å². The topological polar surface area (TPSA) is 54.8 Å². The average molecular weight is 779 g/mol. The fraction of sp³-hybridized carbons (Fsp3) is 0.317. The van der Waals surface area contributed by atoms with Crippen LogP contribution in [-0.4, -0.2) is 59.5 Å². The molecule has 0 atom stereocenters. The summed E-state index contributed by atoms with van der Waals surface area (Å²) < 4.78 is 329. The lowest BCUT2D eigenvalue weighted by Gasteiger charge is -2.39. The van der Waals surface area contributed by atoms with Crippen molar-refractivity contribution in [3.05, 3.63) is 135 Å². The molecule has 0 bridgehead atoms. The maximum absolute atomic E-state index is 15.8. The van der Waals surface area contributed by atoms with Crippen molar-refractivity contribution in [3.63, 3.8) is 0 Å². The van der Waals surface area contributed by atoms with Crippen LogP contribution in [0.3, 0.4) is 0 Å².